The van der Waals surface area contributed by atoms with Crippen LogP contribution < -0.4 is 5.32 Å². The quantitative estimate of drug-likeness (QED) is 0.886. The van der Waals surface area contributed by atoms with E-state index in [2.05, 4.69) is 10.5 Å². The average molecular weight is 329 g/mol. The van der Waals surface area contributed by atoms with Gasteiger partial charge < -0.3 is 19.8 Å². The molecule has 0 saturated carbocycles. The Morgan fingerprint density at radius 2 is 2.08 bits per heavy atom. The molecule has 1 aliphatic heterocycles. The zero-order valence-corrected chi connectivity index (χ0v) is 14.2. The van der Waals surface area contributed by atoms with Crippen LogP contribution in [0.2, 0.25) is 0 Å². The largest absolute Gasteiger partial charge is 0.392 e. The Morgan fingerprint density at radius 3 is 2.75 bits per heavy atom. The number of aryl methyl sites for hydroxylation is 1. The molecule has 0 radical (unpaired) electrons. The van der Waals surface area contributed by atoms with Gasteiger partial charge in [-0.05, 0) is 13.3 Å². The third-order valence-electron chi connectivity index (χ3n) is 4.59. The normalized spacial score (nSPS) is 20.0. The number of nitrogens with zero attached hydrogens (tertiary/aromatic N) is 2. The predicted molar refractivity (Wildman–Crippen MR) is 91.7 cm³/mol. The van der Waals surface area contributed by atoms with Gasteiger partial charge >= 0.3 is 6.03 Å². The van der Waals surface area contributed by atoms with Crippen molar-refractivity contribution >= 4 is 11.7 Å². The van der Waals surface area contributed by atoms with Crippen LogP contribution in [-0.4, -0.2) is 40.4 Å². The second kappa shape index (κ2) is 6.28. The number of aromatic nitrogens is 1. The summed E-state index contributed by atoms with van der Waals surface area (Å²) in [4.78, 5) is 14.4. The molecule has 1 saturated heterocycles. The van der Waals surface area contributed by atoms with E-state index in [0.29, 0.717) is 36.7 Å². The molecule has 1 unspecified atom stereocenters. The van der Waals surface area contributed by atoms with Gasteiger partial charge in [0.1, 0.15) is 11.4 Å². The molecule has 1 aromatic carbocycles. The highest BCUT2D eigenvalue weighted by molar-refractivity contribution is 5.94. The molecule has 128 valence electrons. The highest BCUT2D eigenvalue weighted by Crippen LogP contribution is 2.32. The van der Waals surface area contributed by atoms with Crippen molar-refractivity contribution in [3.05, 3.63) is 36.0 Å². The summed E-state index contributed by atoms with van der Waals surface area (Å²) in [6, 6.07) is 9.37. The van der Waals surface area contributed by atoms with E-state index in [-0.39, 0.29) is 11.4 Å². The summed E-state index contributed by atoms with van der Waals surface area (Å²) in [5.74, 6) is 0.553. The van der Waals surface area contributed by atoms with Gasteiger partial charge in [0.25, 0.3) is 0 Å². The van der Waals surface area contributed by atoms with Gasteiger partial charge in [-0.25, -0.2) is 4.79 Å². The van der Waals surface area contributed by atoms with Gasteiger partial charge in [-0.2, -0.15) is 0 Å². The van der Waals surface area contributed by atoms with E-state index in [9.17, 15) is 9.90 Å². The smallest absolute Gasteiger partial charge is 0.322 e. The van der Waals surface area contributed by atoms with Crippen molar-refractivity contribution in [2.24, 2.45) is 5.41 Å². The average Bonchev–Trinajstić information content (AvgIpc) is 2.92. The van der Waals surface area contributed by atoms with Crippen LogP contribution in [0.15, 0.2) is 34.9 Å². The number of benzene rings is 1. The summed E-state index contributed by atoms with van der Waals surface area (Å²) >= 11 is 0. The molecule has 1 aliphatic rings. The Labute approximate surface area is 141 Å². The van der Waals surface area contributed by atoms with Crippen LogP contribution in [0.25, 0.3) is 11.3 Å². The number of hydrogen-bond donors (Lipinski definition) is 2. The lowest BCUT2D eigenvalue weighted by Crippen LogP contribution is -2.51. The third-order valence-corrected chi connectivity index (χ3v) is 4.59. The maximum Gasteiger partial charge on any atom is 0.322 e. The van der Waals surface area contributed by atoms with E-state index in [0.717, 1.165) is 5.56 Å². The van der Waals surface area contributed by atoms with Crippen molar-refractivity contribution in [3.8, 4) is 11.3 Å². The van der Waals surface area contributed by atoms with Crippen molar-refractivity contribution in [1.82, 2.24) is 10.1 Å². The maximum absolute atomic E-state index is 12.7. The van der Waals surface area contributed by atoms with Crippen LogP contribution in [0.3, 0.4) is 0 Å². The SMILES string of the molecule is Cc1noc(-c2ccccc2)c1NC(=O)N1CCC(O)C(C)(C)C1. The lowest BCUT2D eigenvalue weighted by molar-refractivity contribution is -0.00966. The molecule has 2 amide bonds. The Balaban J connectivity index is 1.80. The molecule has 24 heavy (non-hydrogen) atoms. The summed E-state index contributed by atoms with van der Waals surface area (Å²) in [6.07, 6.45) is 0.188. The summed E-state index contributed by atoms with van der Waals surface area (Å²) in [5, 5.41) is 17.0. The zero-order valence-electron chi connectivity index (χ0n) is 14.2. The lowest BCUT2D eigenvalue weighted by atomic mass is 9.81. The highest BCUT2D eigenvalue weighted by atomic mass is 16.5. The first-order chi connectivity index (χ1) is 11.4. The number of piperidine rings is 1. The van der Waals surface area contributed by atoms with Gasteiger partial charge in [0.15, 0.2) is 5.76 Å². The monoisotopic (exact) mass is 329 g/mol. The fraction of sp³-hybridized carbons (Fsp3) is 0.444. The number of aliphatic hydroxyl groups is 1. The van der Waals surface area contributed by atoms with Crippen LogP contribution in [0.1, 0.15) is 26.0 Å². The first-order valence-corrected chi connectivity index (χ1v) is 8.14. The van der Waals surface area contributed by atoms with E-state index in [4.69, 9.17) is 4.52 Å². The van der Waals surface area contributed by atoms with E-state index in [1.165, 1.54) is 0 Å². The second-order valence-electron chi connectivity index (χ2n) is 6.98. The number of urea groups is 1. The van der Waals surface area contributed by atoms with Crippen molar-refractivity contribution in [2.75, 3.05) is 18.4 Å². The minimum Gasteiger partial charge on any atom is -0.392 e. The van der Waals surface area contributed by atoms with E-state index in [1.807, 2.05) is 44.2 Å². The van der Waals surface area contributed by atoms with E-state index < -0.39 is 6.10 Å². The number of carbonyl (C=O) groups excluding carboxylic acids is 1. The number of amides is 2. The van der Waals surface area contributed by atoms with Crippen molar-refractivity contribution in [2.45, 2.75) is 33.3 Å². The number of carbonyl (C=O) groups is 1. The molecular weight excluding hydrogens is 306 g/mol. The topological polar surface area (TPSA) is 78.6 Å². The molecule has 0 aliphatic carbocycles. The summed E-state index contributed by atoms with van der Waals surface area (Å²) < 4.78 is 5.40. The van der Waals surface area contributed by atoms with Gasteiger partial charge in [0.05, 0.1) is 6.10 Å². The number of rotatable bonds is 2. The molecule has 2 aromatic rings. The van der Waals surface area contributed by atoms with Crippen LogP contribution in [0.4, 0.5) is 10.5 Å². The standard InChI is InChI=1S/C18H23N3O3/c1-12-15(16(24-20-12)13-7-5-4-6-8-13)19-17(23)21-10-9-14(22)18(2,3)11-21/h4-8,14,22H,9-11H2,1-3H3,(H,19,23). The van der Waals surface area contributed by atoms with Gasteiger partial charge in [0, 0.05) is 24.1 Å². The number of aliphatic hydroxyl groups excluding tert-OH is 1. The lowest BCUT2D eigenvalue weighted by Gasteiger charge is -2.41. The molecule has 0 spiro atoms. The third kappa shape index (κ3) is 3.14. The van der Waals surface area contributed by atoms with Crippen molar-refractivity contribution < 1.29 is 14.4 Å². The van der Waals surface area contributed by atoms with Gasteiger partial charge in [-0.3, -0.25) is 0 Å². The predicted octanol–water partition coefficient (Wildman–Crippen LogP) is 3.27. The van der Waals surface area contributed by atoms with Crippen LogP contribution >= 0.6 is 0 Å². The van der Waals surface area contributed by atoms with Gasteiger partial charge in [-0.1, -0.05) is 49.3 Å². The molecule has 2 heterocycles. The molecule has 2 N–H and O–H groups in total. The molecule has 1 atom stereocenters. The van der Waals surface area contributed by atoms with Crippen LogP contribution in [-0.2, 0) is 0 Å². The van der Waals surface area contributed by atoms with Gasteiger partial charge in [0.2, 0.25) is 0 Å². The molecule has 0 bridgehead atoms. The summed E-state index contributed by atoms with van der Waals surface area (Å²) in [6.45, 7) is 6.77. The van der Waals surface area contributed by atoms with Crippen molar-refractivity contribution in [3.63, 3.8) is 0 Å². The minimum absolute atomic E-state index is 0.196. The molecule has 6 nitrogen and oxygen atoms in total. The number of nitrogens with one attached hydrogen (secondary N) is 1. The first kappa shape index (κ1) is 16.5. The second-order valence-corrected chi connectivity index (χ2v) is 6.98. The Hall–Kier alpha value is -2.34. The molecule has 6 heteroatoms. The highest BCUT2D eigenvalue weighted by Gasteiger charge is 2.36. The first-order valence-electron chi connectivity index (χ1n) is 8.14. The molecule has 3 rings (SSSR count). The molecular formula is C18H23N3O3. The minimum atomic E-state index is -0.390. The number of hydrogen-bond acceptors (Lipinski definition) is 4. The zero-order chi connectivity index (χ0) is 17.3. The van der Waals surface area contributed by atoms with Gasteiger partial charge in [-0.15, -0.1) is 0 Å². The maximum atomic E-state index is 12.7. The molecule has 1 fully saturated rings. The Kier molecular flexibility index (Phi) is 4.32. The number of anilines is 1. The van der Waals surface area contributed by atoms with Crippen LogP contribution in [0, 0.1) is 12.3 Å². The van der Waals surface area contributed by atoms with E-state index in [1.54, 1.807) is 11.8 Å². The number of likely N-dealkylation sites (tertiary alicyclic amines) is 1. The fourth-order valence-corrected chi connectivity index (χ4v) is 3.01. The van der Waals surface area contributed by atoms with E-state index >= 15 is 0 Å². The molecule has 1 aromatic heterocycles. The summed E-state index contributed by atoms with van der Waals surface area (Å²) in [5.41, 5.74) is 1.78. The fourth-order valence-electron chi connectivity index (χ4n) is 3.01. The Bertz CT molecular complexity index is 724. The summed E-state index contributed by atoms with van der Waals surface area (Å²) in [7, 11) is 0. The van der Waals surface area contributed by atoms with Crippen LogP contribution in [0.5, 0.6) is 0 Å². The Morgan fingerprint density at radius 1 is 1.38 bits per heavy atom. The van der Waals surface area contributed by atoms with Crippen molar-refractivity contribution in [1.29, 1.82) is 0 Å².